The first kappa shape index (κ1) is 18.5. The van der Waals surface area contributed by atoms with Gasteiger partial charge in [0.1, 0.15) is 13.2 Å². The van der Waals surface area contributed by atoms with Gasteiger partial charge in [0.2, 0.25) is 0 Å². The minimum absolute atomic E-state index is 0.0121. The molecular weight excluding hydrogens is 273 g/mol. The minimum Gasteiger partial charge on any atom is -0.756 e. The minimum atomic E-state index is -4.23. The van der Waals surface area contributed by atoms with Crippen LogP contribution in [0.1, 0.15) is 25.7 Å². The predicted molar refractivity (Wildman–Crippen MR) is 65.9 cm³/mol. The van der Waals surface area contributed by atoms with Crippen LogP contribution < -0.4 is 10.00 Å². The molecular formula is C11H23NO6P-. The van der Waals surface area contributed by atoms with E-state index in [0.717, 1.165) is 0 Å². The maximum absolute atomic E-state index is 11.3. The number of unbranched alkanes of at least 4 members (excludes halogenated alkanes) is 2. The number of likely N-dealkylation sites (N-methyl/N-ethyl adjacent to an activating group) is 1. The summed E-state index contributed by atoms with van der Waals surface area (Å²) in [6, 6.07) is 0. The first-order chi connectivity index (χ1) is 8.62. The maximum atomic E-state index is 11.3. The van der Waals surface area contributed by atoms with E-state index in [-0.39, 0.29) is 19.6 Å². The summed E-state index contributed by atoms with van der Waals surface area (Å²) >= 11 is 0. The molecule has 0 bridgehead atoms. The number of hydrogen-bond acceptors (Lipinski definition) is 6. The zero-order valence-corrected chi connectivity index (χ0v) is 12.7. The van der Waals surface area contributed by atoms with E-state index < -0.39 is 13.8 Å². The second-order valence-electron chi connectivity index (χ2n) is 5.31. The van der Waals surface area contributed by atoms with E-state index in [1.807, 2.05) is 21.1 Å². The maximum Gasteiger partial charge on any atom is 0.268 e. The number of phosphoric ester groups is 1. The van der Waals surface area contributed by atoms with Crippen LogP contribution >= 0.6 is 7.82 Å². The van der Waals surface area contributed by atoms with Gasteiger partial charge in [-0.15, -0.1) is 0 Å². The van der Waals surface area contributed by atoms with Crippen LogP contribution in [0.4, 0.5) is 0 Å². The van der Waals surface area contributed by atoms with Gasteiger partial charge in [-0.1, -0.05) is 6.42 Å². The third-order valence-corrected chi connectivity index (χ3v) is 3.28. The molecule has 0 N–H and O–H groups in total. The van der Waals surface area contributed by atoms with Crippen molar-refractivity contribution in [1.29, 1.82) is 0 Å². The van der Waals surface area contributed by atoms with Crippen molar-refractivity contribution in [3.63, 3.8) is 0 Å². The van der Waals surface area contributed by atoms with E-state index in [9.17, 15) is 19.4 Å². The molecule has 1 atom stereocenters. The second kappa shape index (κ2) is 8.66. The lowest BCUT2D eigenvalue weighted by Gasteiger charge is -2.27. The Hall–Kier alpha value is -0.460. The van der Waals surface area contributed by atoms with Crippen LogP contribution in [0.15, 0.2) is 0 Å². The van der Waals surface area contributed by atoms with E-state index in [1.54, 1.807) is 0 Å². The van der Waals surface area contributed by atoms with Crippen molar-refractivity contribution in [3.05, 3.63) is 0 Å². The number of phosphoric acid groups is 1. The molecule has 0 rings (SSSR count). The summed E-state index contributed by atoms with van der Waals surface area (Å²) in [7, 11) is 1.55. The normalized spacial score (nSPS) is 15.2. The van der Waals surface area contributed by atoms with Crippen LogP contribution in [-0.4, -0.2) is 51.4 Å². The molecule has 0 heterocycles. The molecule has 0 aromatic rings. The molecule has 0 aromatic carbocycles. The lowest BCUT2D eigenvalue weighted by atomic mass is 10.2. The third-order valence-electron chi connectivity index (χ3n) is 2.29. The molecule has 0 spiro atoms. The van der Waals surface area contributed by atoms with Gasteiger partial charge in [-0.3, -0.25) is 4.57 Å². The van der Waals surface area contributed by atoms with Gasteiger partial charge in [-0.2, -0.15) is 0 Å². The zero-order chi connectivity index (χ0) is 14.9. The summed E-state index contributed by atoms with van der Waals surface area (Å²) in [5.74, 6) is -1.10. The van der Waals surface area contributed by atoms with Gasteiger partial charge in [0, 0.05) is 5.97 Å². The predicted octanol–water partition coefficient (Wildman–Crippen LogP) is -0.495. The summed E-state index contributed by atoms with van der Waals surface area (Å²) in [5.41, 5.74) is 0. The number of carbonyl (C=O) groups excluding carboxylic acids is 1. The molecule has 0 fully saturated rings. The van der Waals surface area contributed by atoms with Gasteiger partial charge < -0.3 is 28.3 Å². The van der Waals surface area contributed by atoms with Gasteiger partial charge in [-0.05, 0) is 19.3 Å². The lowest BCUT2D eigenvalue weighted by molar-refractivity contribution is -0.870. The monoisotopic (exact) mass is 296 g/mol. The number of carboxylic acids is 1. The first-order valence-electron chi connectivity index (χ1n) is 6.23. The molecule has 0 aliphatic rings. The fourth-order valence-corrected chi connectivity index (χ4v) is 1.92. The highest BCUT2D eigenvalue weighted by atomic mass is 31.2. The van der Waals surface area contributed by atoms with Crippen molar-refractivity contribution < 1.29 is 32.9 Å². The average molecular weight is 296 g/mol. The molecule has 0 saturated heterocycles. The summed E-state index contributed by atoms with van der Waals surface area (Å²) in [5, 5.41) is 10.1. The molecule has 1 unspecified atom stereocenters. The van der Waals surface area contributed by atoms with E-state index in [0.29, 0.717) is 30.3 Å². The van der Waals surface area contributed by atoms with E-state index >= 15 is 0 Å². The average Bonchev–Trinajstić information content (AvgIpc) is 2.20. The van der Waals surface area contributed by atoms with Crippen molar-refractivity contribution in [2.45, 2.75) is 25.7 Å². The highest BCUT2D eigenvalue weighted by molar-refractivity contribution is 7.45. The largest absolute Gasteiger partial charge is 0.756 e. The highest BCUT2D eigenvalue weighted by Gasteiger charge is 2.12. The molecule has 19 heavy (non-hydrogen) atoms. The fourth-order valence-electron chi connectivity index (χ4n) is 1.19. The standard InChI is InChI=1S/C11H24NO6P/c1-12(2,3)8-10-18-19(15,16)17-9-6-4-5-7-11(13)14/h4-10H2,1-3H3,(H-,13,14,15,16)/p-1. The van der Waals surface area contributed by atoms with E-state index in [2.05, 4.69) is 4.52 Å². The van der Waals surface area contributed by atoms with Crippen LogP contribution in [0.2, 0.25) is 0 Å². The second-order valence-corrected chi connectivity index (χ2v) is 6.72. The van der Waals surface area contributed by atoms with Gasteiger partial charge in [-0.25, -0.2) is 0 Å². The summed E-state index contributed by atoms with van der Waals surface area (Å²) in [6.07, 6.45) is 1.48. The number of carbonyl (C=O) groups is 1. The van der Waals surface area contributed by atoms with Crippen LogP contribution in [0, 0.1) is 0 Å². The molecule has 0 aromatic heterocycles. The molecule has 0 aliphatic carbocycles. The Kier molecular flexibility index (Phi) is 8.45. The number of quaternary nitrogens is 1. The molecule has 0 saturated carbocycles. The summed E-state index contributed by atoms with van der Waals surface area (Å²) < 4.78 is 21.3. The SMILES string of the molecule is C[N+](C)(C)CCOP(=O)([O-])OCCCCCC(=O)[O-]. The summed E-state index contributed by atoms with van der Waals surface area (Å²) in [4.78, 5) is 21.5. The van der Waals surface area contributed by atoms with Crippen molar-refractivity contribution in [3.8, 4) is 0 Å². The van der Waals surface area contributed by atoms with Crippen LogP contribution in [-0.2, 0) is 18.4 Å². The van der Waals surface area contributed by atoms with E-state index in [1.165, 1.54) is 0 Å². The number of hydrogen-bond donors (Lipinski definition) is 0. The zero-order valence-electron chi connectivity index (χ0n) is 11.8. The fraction of sp³-hybridized carbons (Fsp3) is 0.909. The number of nitrogens with zero attached hydrogens (tertiary/aromatic N) is 1. The smallest absolute Gasteiger partial charge is 0.268 e. The van der Waals surface area contributed by atoms with Gasteiger partial charge >= 0.3 is 0 Å². The molecule has 0 aliphatic heterocycles. The van der Waals surface area contributed by atoms with Crippen LogP contribution in [0.3, 0.4) is 0 Å². The van der Waals surface area contributed by atoms with Crippen LogP contribution in [0.5, 0.6) is 0 Å². The van der Waals surface area contributed by atoms with Crippen molar-refractivity contribution >= 4 is 13.8 Å². The topological polar surface area (TPSA) is 98.7 Å². The van der Waals surface area contributed by atoms with Crippen LogP contribution in [0.25, 0.3) is 0 Å². The highest BCUT2D eigenvalue weighted by Crippen LogP contribution is 2.38. The Balaban J connectivity index is 3.62. The van der Waals surface area contributed by atoms with Gasteiger partial charge in [0.25, 0.3) is 7.82 Å². The molecule has 8 heteroatoms. The van der Waals surface area contributed by atoms with Gasteiger partial charge in [0.15, 0.2) is 0 Å². The molecule has 0 radical (unpaired) electrons. The Morgan fingerprint density at radius 2 is 1.68 bits per heavy atom. The Morgan fingerprint density at radius 1 is 1.11 bits per heavy atom. The third kappa shape index (κ3) is 13.8. The molecule has 7 nitrogen and oxygen atoms in total. The number of carboxylic acid groups (broad SMARTS) is 1. The Morgan fingerprint density at radius 3 is 2.21 bits per heavy atom. The summed E-state index contributed by atoms with van der Waals surface area (Å²) in [6.45, 7) is 0.647. The molecule has 114 valence electrons. The van der Waals surface area contributed by atoms with Crippen molar-refractivity contribution in [2.24, 2.45) is 0 Å². The molecule has 0 amide bonds. The lowest BCUT2D eigenvalue weighted by Crippen LogP contribution is -2.37. The van der Waals surface area contributed by atoms with E-state index in [4.69, 9.17) is 4.52 Å². The number of rotatable bonds is 11. The van der Waals surface area contributed by atoms with Crippen molar-refractivity contribution in [1.82, 2.24) is 0 Å². The van der Waals surface area contributed by atoms with Crippen molar-refractivity contribution in [2.75, 3.05) is 40.9 Å². The Labute approximate surface area is 114 Å². The first-order valence-corrected chi connectivity index (χ1v) is 7.69. The number of aliphatic carboxylic acids is 1. The van der Waals surface area contributed by atoms with Gasteiger partial charge in [0.05, 0.1) is 27.7 Å². The quantitative estimate of drug-likeness (QED) is 0.290. The Bertz CT molecular complexity index is 315.